The van der Waals surface area contributed by atoms with Crippen molar-refractivity contribution in [2.45, 2.75) is 18.2 Å². The second-order valence-electron chi connectivity index (χ2n) is 4.75. The van der Waals surface area contributed by atoms with E-state index >= 15 is 0 Å². The van der Waals surface area contributed by atoms with Gasteiger partial charge in [-0.1, -0.05) is 0 Å². The van der Waals surface area contributed by atoms with E-state index in [-0.39, 0.29) is 10.8 Å². The first-order valence-electron chi connectivity index (χ1n) is 6.63. The summed E-state index contributed by atoms with van der Waals surface area (Å²) < 4.78 is 31.4. The van der Waals surface area contributed by atoms with E-state index in [4.69, 9.17) is 4.74 Å². The molecule has 20 heavy (non-hydrogen) atoms. The summed E-state index contributed by atoms with van der Waals surface area (Å²) in [4.78, 5) is 8.15. The maximum atomic E-state index is 12.4. The molecular weight excluding hydrogens is 280 g/mol. The average Bonchev–Trinajstić information content (AvgIpc) is 2.90. The highest BCUT2D eigenvalue weighted by Gasteiger charge is 2.32. The van der Waals surface area contributed by atoms with Gasteiger partial charge in [-0.05, 0) is 19.3 Å². The summed E-state index contributed by atoms with van der Waals surface area (Å²) in [5, 5.41) is 2.93. The summed E-state index contributed by atoms with van der Waals surface area (Å²) in [6.07, 6.45) is 3.53. The molecular formula is C12H20N4O3S. The Morgan fingerprint density at radius 2 is 2.15 bits per heavy atom. The van der Waals surface area contributed by atoms with Gasteiger partial charge in [0.15, 0.2) is 0 Å². The first-order chi connectivity index (χ1) is 9.57. The van der Waals surface area contributed by atoms with E-state index in [1.807, 2.05) is 6.92 Å². The Labute approximate surface area is 119 Å². The summed E-state index contributed by atoms with van der Waals surface area (Å²) in [5.74, 6) is 0.696. The molecule has 1 saturated heterocycles. The van der Waals surface area contributed by atoms with Gasteiger partial charge in [-0.3, -0.25) is 0 Å². The molecule has 1 unspecified atom stereocenters. The third-order valence-corrected chi connectivity index (χ3v) is 5.07. The Morgan fingerprint density at radius 3 is 2.75 bits per heavy atom. The van der Waals surface area contributed by atoms with Crippen LogP contribution < -0.4 is 5.32 Å². The van der Waals surface area contributed by atoms with Crippen LogP contribution >= 0.6 is 0 Å². The first-order valence-corrected chi connectivity index (χ1v) is 8.07. The van der Waals surface area contributed by atoms with Gasteiger partial charge in [0.05, 0.1) is 19.0 Å². The zero-order chi connectivity index (χ0) is 14.6. The molecule has 1 N–H and O–H groups in total. The van der Waals surface area contributed by atoms with Crippen LogP contribution in [0.1, 0.15) is 13.3 Å². The van der Waals surface area contributed by atoms with Gasteiger partial charge >= 0.3 is 0 Å². The molecule has 0 aromatic carbocycles. The molecule has 1 atom stereocenters. The van der Waals surface area contributed by atoms with E-state index in [1.54, 1.807) is 7.11 Å². The molecule has 2 heterocycles. The highest BCUT2D eigenvalue weighted by atomic mass is 32.2. The maximum absolute atomic E-state index is 12.4. The number of hydrogen-bond donors (Lipinski definition) is 1. The van der Waals surface area contributed by atoms with Gasteiger partial charge in [-0.15, -0.1) is 0 Å². The van der Waals surface area contributed by atoms with Gasteiger partial charge < -0.3 is 10.1 Å². The van der Waals surface area contributed by atoms with E-state index < -0.39 is 10.0 Å². The second kappa shape index (κ2) is 6.47. The van der Waals surface area contributed by atoms with Crippen molar-refractivity contribution in [3.8, 4) is 0 Å². The van der Waals surface area contributed by atoms with E-state index in [9.17, 15) is 8.42 Å². The molecule has 0 saturated carbocycles. The molecule has 1 aliphatic heterocycles. The molecule has 1 aromatic heterocycles. The standard InChI is InChI=1S/C12H20N4O3S/c1-3-13-12-14-6-11(7-15-12)20(17,18)16-5-4-10(8-16)9-19-2/h6-7,10H,3-5,8-9H2,1-2H3,(H,13,14,15). The topological polar surface area (TPSA) is 84.4 Å². The molecule has 112 valence electrons. The lowest BCUT2D eigenvalue weighted by molar-refractivity contribution is 0.157. The molecule has 7 nitrogen and oxygen atoms in total. The molecule has 2 rings (SSSR count). The largest absolute Gasteiger partial charge is 0.384 e. The number of anilines is 1. The number of nitrogens with one attached hydrogen (secondary N) is 1. The van der Waals surface area contributed by atoms with Crippen molar-refractivity contribution in [1.29, 1.82) is 0 Å². The molecule has 1 aliphatic rings. The second-order valence-corrected chi connectivity index (χ2v) is 6.68. The molecule has 0 amide bonds. The minimum absolute atomic E-state index is 0.136. The highest BCUT2D eigenvalue weighted by Crippen LogP contribution is 2.23. The Balaban J connectivity index is 2.10. The first kappa shape index (κ1) is 15.1. The summed E-state index contributed by atoms with van der Waals surface area (Å²) >= 11 is 0. The summed E-state index contributed by atoms with van der Waals surface area (Å²) in [5.41, 5.74) is 0. The van der Waals surface area contributed by atoms with Crippen LogP contribution in [0.4, 0.5) is 5.95 Å². The van der Waals surface area contributed by atoms with Gasteiger partial charge in [0.2, 0.25) is 16.0 Å². The number of hydrogen-bond acceptors (Lipinski definition) is 6. The number of rotatable bonds is 6. The summed E-state index contributed by atoms with van der Waals surface area (Å²) in [6.45, 7) is 4.21. The monoisotopic (exact) mass is 300 g/mol. The van der Waals surface area contributed by atoms with Crippen LogP contribution in [0.25, 0.3) is 0 Å². The zero-order valence-electron chi connectivity index (χ0n) is 11.7. The SMILES string of the molecule is CCNc1ncc(S(=O)(=O)N2CCC(COC)C2)cn1. The lowest BCUT2D eigenvalue weighted by Crippen LogP contribution is -2.29. The van der Waals surface area contributed by atoms with Crippen molar-refractivity contribution in [1.82, 2.24) is 14.3 Å². The predicted molar refractivity (Wildman–Crippen MR) is 74.9 cm³/mol. The third kappa shape index (κ3) is 3.25. The average molecular weight is 300 g/mol. The molecule has 0 spiro atoms. The number of aromatic nitrogens is 2. The van der Waals surface area contributed by atoms with E-state index in [0.717, 1.165) is 6.42 Å². The Morgan fingerprint density at radius 1 is 1.45 bits per heavy atom. The van der Waals surface area contributed by atoms with Crippen molar-refractivity contribution in [3.05, 3.63) is 12.4 Å². The minimum Gasteiger partial charge on any atom is -0.384 e. The van der Waals surface area contributed by atoms with E-state index in [0.29, 0.717) is 32.2 Å². The molecule has 8 heteroatoms. The molecule has 1 aromatic rings. The smallest absolute Gasteiger partial charge is 0.246 e. The lowest BCUT2D eigenvalue weighted by atomic mass is 10.1. The van der Waals surface area contributed by atoms with Crippen LogP contribution in [0.5, 0.6) is 0 Å². The molecule has 0 aliphatic carbocycles. The predicted octanol–water partition coefficient (Wildman–Crippen LogP) is 0.565. The van der Waals surface area contributed by atoms with Crippen molar-refractivity contribution in [3.63, 3.8) is 0 Å². The van der Waals surface area contributed by atoms with Gasteiger partial charge in [-0.2, -0.15) is 4.31 Å². The third-order valence-electron chi connectivity index (χ3n) is 3.25. The van der Waals surface area contributed by atoms with Crippen molar-refractivity contribution in [2.75, 3.05) is 38.7 Å². The normalized spacial score (nSPS) is 20.2. The van der Waals surface area contributed by atoms with E-state index in [1.165, 1.54) is 16.7 Å². The fraction of sp³-hybridized carbons (Fsp3) is 0.667. The van der Waals surface area contributed by atoms with Gasteiger partial charge in [0.1, 0.15) is 4.90 Å². The molecule has 0 bridgehead atoms. The quantitative estimate of drug-likeness (QED) is 0.826. The minimum atomic E-state index is -3.50. The summed E-state index contributed by atoms with van der Waals surface area (Å²) in [6, 6.07) is 0. The zero-order valence-corrected chi connectivity index (χ0v) is 12.6. The van der Waals surface area contributed by atoms with Gasteiger partial charge in [-0.25, -0.2) is 18.4 Å². The molecule has 1 fully saturated rings. The molecule has 0 radical (unpaired) electrons. The van der Waals surface area contributed by atoms with Crippen LogP contribution in [0, 0.1) is 5.92 Å². The number of nitrogens with zero attached hydrogens (tertiary/aromatic N) is 3. The van der Waals surface area contributed by atoms with Crippen LogP contribution in [0.3, 0.4) is 0 Å². The lowest BCUT2D eigenvalue weighted by Gasteiger charge is -2.16. The number of sulfonamides is 1. The van der Waals surface area contributed by atoms with Crippen LogP contribution in [0.2, 0.25) is 0 Å². The Hall–Kier alpha value is -1.25. The summed E-state index contributed by atoms with van der Waals surface area (Å²) in [7, 11) is -1.87. The van der Waals surface area contributed by atoms with Gasteiger partial charge in [0, 0.05) is 26.7 Å². The highest BCUT2D eigenvalue weighted by molar-refractivity contribution is 7.89. The van der Waals surface area contributed by atoms with Crippen molar-refractivity contribution >= 4 is 16.0 Å². The Kier molecular flexibility index (Phi) is 4.90. The van der Waals surface area contributed by atoms with E-state index in [2.05, 4.69) is 15.3 Å². The Bertz CT molecular complexity index is 532. The number of ether oxygens (including phenoxy) is 1. The fourth-order valence-corrected chi connectivity index (χ4v) is 3.66. The van der Waals surface area contributed by atoms with Crippen molar-refractivity contribution in [2.24, 2.45) is 5.92 Å². The van der Waals surface area contributed by atoms with Crippen molar-refractivity contribution < 1.29 is 13.2 Å². The number of methoxy groups -OCH3 is 1. The van der Waals surface area contributed by atoms with Gasteiger partial charge in [0.25, 0.3) is 0 Å². The van der Waals surface area contributed by atoms with Crippen LogP contribution in [-0.4, -0.2) is 56.0 Å². The fourth-order valence-electron chi connectivity index (χ4n) is 2.24. The van der Waals surface area contributed by atoms with Crippen LogP contribution in [-0.2, 0) is 14.8 Å². The van der Waals surface area contributed by atoms with Crippen LogP contribution in [0.15, 0.2) is 17.3 Å². The maximum Gasteiger partial charge on any atom is 0.246 e.